The predicted molar refractivity (Wildman–Crippen MR) is 127 cm³/mol. The topological polar surface area (TPSA) is 25.8 Å². The van der Waals surface area contributed by atoms with Crippen molar-refractivity contribution < 1.29 is 0 Å². The van der Waals surface area contributed by atoms with E-state index in [0.717, 1.165) is 21.8 Å². The predicted octanol–water partition coefficient (Wildman–Crippen LogP) is 6.66. The summed E-state index contributed by atoms with van der Waals surface area (Å²) < 4.78 is 0. The molecule has 0 amide bonds. The zero-order chi connectivity index (χ0) is 20.5. The molecule has 0 aliphatic heterocycles. The summed E-state index contributed by atoms with van der Waals surface area (Å²) in [4.78, 5) is 9.43. The molecular weight excluding hydrogens is 376 g/mol. The fraction of sp³-hybridized carbons (Fsp3) is 0.103. The zero-order valence-corrected chi connectivity index (χ0v) is 17.2. The van der Waals surface area contributed by atoms with Crippen molar-refractivity contribution in [2.24, 2.45) is 11.8 Å². The maximum absolute atomic E-state index is 4.86. The number of aromatic nitrogens is 2. The van der Waals surface area contributed by atoms with Gasteiger partial charge in [0, 0.05) is 40.6 Å². The first-order valence-corrected chi connectivity index (χ1v) is 10.8. The summed E-state index contributed by atoms with van der Waals surface area (Å²) in [7, 11) is 0. The molecule has 0 fully saturated rings. The van der Waals surface area contributed by atoms with Gasteiger partial charge in [0.15, 0.2) is 0 Å². The lowest BCUT2D eigenvalue weighted by Crippen LogP contribution is -2.30. The first kappa shape index (κ1) is 17.0. The Hall–Kier alpha value is -3.78. The molecule has 7 rings (SSSR count). The maximum Gasteiger partial charge on any atom is 0.0964 e. The lowest BCUT2D eigenvalue weighted by Gasteiger charge is -2.41. The van der Waals surface area contributed by atoms with Gasteiger partial charge in [0.2, 0.25) is 0 Å². The summed E-state index contributed by atoms with van der Waals surface area (Å²) in [6.07, 6.45) is 22.2. The van der Waals surface area contributed by atoms with Gasteiger partial charge in [-0.05, 0) is 52.5 Å². The average Bonchev–Trinajstić information content (AvgIpc) is 2.83. The van der Waals surface area contributed by atoms with Crippen molar-refractivity contribution in [2.75, 3.05) is 0 Å². The Kier molecular flexibility index (Phi) is 3.35. The molecule has 1 aromatic carbocycles. The van der Waals surface area contributed by atoms with E-state index in [9.17, 15) is 0 Å². The van der Waals surface area contributed by atoms with Crippen LogP contribution in [-0.4, -0.2) is 9.97 Å². The number of nitrogens with zero attached hydrogens (tertiary/aromatic N) is 2. The van der Waals surface area contributed by atoms with E-state index in [4.69, 9.17) is 4.98 Å². The normalized spacial score (nSPS) is 23.4. The third kappa shape index (κ3) is 2.33. The smallest absolute Gasteiger partial charge is 0.0964 e. The van der Waals surface area contributed by atoms with Crippen LogP contribution in [-0.2, 0) is 0 Å². The summed E-state index contributed by atoms with van der Waals surface area (Å²) in [6.45, 7) is 2.23. The molecule has 2 aromatic heterocycles. The molecule has 0 saturated carbocycles. The quantitative estimate of drug-likeness (QED) is 0.430. The van der Waals surface area contributed by atoms with Crippen molar-refractivity contribution in [3.63, 3.8) is 0 Å². The minimum Gasteiger partial charge on any atom is -0.254 e. The molecule has 0 radical (unpaired) electrons. The van der Waals surface area contributed by atoms with Crippen LogP contribution in [0.1, 0.15) is 12.5 Å². The molecule has 2 heteroatoms. The van der Waals surface area contributed by atoms with Gasteiger partial charge in [-0.2, -0.15) is 0 Å². The number of hydrogen-bond donors (Lipinski definition) is 0. The monoisotopic (exact) mass is 396 g/mol. The Labute approximate surface area is 181 Å². The van der Waals surface area contributed by atoms with Gasteiger partial charge in [0.05, 0.1) is 11.0 Å². The molecular formula is C29H20N2. The number of allylic oxidation sites excluding steroid dienone is 14. The van der Waals surface area contributed by atoms with E-state index in [1.165, 1.54) is 39.0 Å². The molecule has 4 aliphatic carbocycles. The van der Waals surface area contributed by atoms with Gasteiger partial charge in [-0.25, -0.2) is 0 Å². The Morgan fingerprint density at radius 3 is 2.52 bits per heavy atom. The lowest BCUT2D eigenvalue weighted by atomic mass is 9.62. The third-order valence-electron chi connectivity index (χ3n) is 7.10. The second kappa shape index (κ2) is 6.12. The highest BCUT2D eigenvalue weighted by Gasteiger charge is 2.39. The van der Waals surface area contributed by atoms with Crippen LogP contribution in [0.3, 0.4) is 0 Å². The molecule has 4 aliphatic rings. The number of rotatable bonds is 1. The van der Waals surface area contributed by atoms with Crippen molar-refractivity contribution in [3.8, 4) is 0 Å². The van der Waals surface area contributed by atoms with E-state index < -0.39 is 0 Å². The second-order valence-corrected chi connectivity index (χ2v) is 8.73. The fourth-order valence-corrected chi connectivity index (χ4v) is 5.58. The SMILES string of the molecule is CC1=C2C=CC3=CC=C(c4cnc5c(ccc6cccnc65)c4)C4=CC=C(C=C1)C2C34. The zero-order valence-electron chi connectivity index (χ0n) is 17.2. The Balaban J connectivity index is 1.41. The second-order valence-electron chi connectivity index (χ2n) is 8.73. The number of hydrogen-bond acceptors (Lipinski definition) is 2. The van der Waals surface area contributed by atoms with Crippen molar-refractivity contribution >= 4 is 27.4 Å². The Morgan fingerprint density at radius 2 is 1.55 bits per heavy atom. The van der Waals surface area contributed by atoms with E-state index in [1.807, 2.05) is 18.5 Å². The van der Waals surface area contributed by atoms with Crippen LogP contribution in [0.25, 0.3) is 27.4 Å². The molecule has 0 N–H and O–H groups in total. The van der Waals surface area contributed by atoms with E-state index in [2.05, 4.69) is 84.8 Å². The van der Waals surface area contributed by atoms with Gasteiger partial charge >= 0.3 is 0 Å². The number of benzene rings is 1. The van der Waals surface area contributed by atoms with Crippen LogP contribution in [0.15, 0.2) is 119 Å². The summed E-state index contributed by atoms with van der Waals surface area (Å²) >= 11 is 0. The molecule has 2 unspecified atom stereocenters. The lowest BCUT2D eigenvalue weighted by molar-refractivity contribution is 0.563. The number of fused-ring (bicyclic) bond motifs is 3. The van der Waals surface area contributed by atoms with Crippen LogP contribution in [0.4, 0.5) is 0 Å². The van der Waals surface area contributed by atoms with E-state index >= 15 is 0 Å². The molecule has 0 spiro atoms. The standard InChI is InChI=1S/C29H20N2/c1-17-4-5-18-10-13-25-24(12-9-19-8-11-23(17)26(18)27(19)25)22-15-21-7-6-20-3-2-14-30-28(20)29(21)31-16-22/h2-16,26-27H,1H3. The minimum atomic E-state index is 0.383. The third-order valence-corrected chi connectivity index (χ3v) is 7.10. The van der Waals surface area contributed by atoms with Crippen LogP contribution in [0.2, 0.25) is 0 Å². The first-order chi connectivity index (χ1) is 15.3. The molecule has 0 saturated heterocycles. The maximum atomic E-state index is 4.86. The highest BCUT2D eigenvalue weighted by molar-refractivity contribution is 6.03. The van der Waals surface area contributed by atoms with Gasteiger partial charge in [-0.15, -0.1) is 0 Å². The summed E-state index contributed by atoms with van der Waals surface area (Å²) in [6, 6.07) is 10.6. The Bertz CT molecular complexity index is 1540. The highest BCUT2D eigenvalue weighted by Crippen LogP contribution is 2.52. The first-order valence-electron chi connectivity index (χ1n) is 10.8. The molecule has 31 heavy (non-hydrogen) atoms. The van der Waals surface area contributed by atoms with Gasteiger partial charge in [0.25, 0.3) is 0 Å². The number of pyridine rings is 2. The summed E-state index contributed by atoms with van der Waals surface area (Å²) in [5, 5.41) is 2.26. The molecule has 3 aromatic rings. The van der Waals surface area contributed by atoms with Crippen LogP contribution in [0.5, 0.6) is 0 Å². The van der Waals surface area contributed by atoms with E-state index in [-0.39, 0.29) is 0 Å². The van der Waals surface area contributed by atoms with Gasteiger partial charge < -0.3 is 0 Å². The fourth-order valence-electron chi connectivity index (χ4n) is 5.58. The Morgan fingerprint density at radius 1 is 0.742 bits per heavy atom. The van der Waals surface area contributed by atoms with Gasteiger partial charge in [-0.1, -0.05) is 66.8 Å². The summed E-state index contributed by atoms with van der Waals surface area (Å²) in [5.74, 6) is 0.806. The van der Waals surface area contributed by atoms with Crippen molar-refractivity contribution in [1.29, 1.82) is 0 Å². The largest absolute Gasteiger partial charge is 0.254 e. The van der Waals surface area contributed by atoms with Gasteiger partial charge in [-0.3, -0.25) is 9.97 Å². The van der Waals surface area contributed by atoms with E-state index in [0.29, 0.717) is 11.8 Å². The summed E-state index contributed by atoms with van der Waals surface area (Å²) in [5.41, 5.74) is 11.4. The molecule has 146 valence electrons. The van der Waals surface area contributed by atoms with Crippen molar-refractivity contribution in [2.45, 2.75) is 6.92 Å². The molecule has 2 atom stereocenters. The van der Waals surface area contributed by atoms with Gasteiger partial charge in [0.1, 0.15) is 0 Å². The van der Waals surface area contributed by atoms with Crippen molar-refractivity contribution in [3.05, 3.63) is 125 Å². The van der Waals surface area contributed by atoms with Crippen molar-refractivity contribution in [1.82, 2.24) is 9.97 Å². The van der Waals surface area contributed by atoms with E-state index in [1.54, 1.807) is 0 Å². The highest BCUT2D eigenvalue weighted by atomic mass is 14.7. The van der Waals surface area contributed by atoms with Crippen LogP contribution in [0, 0.1) is 11.8 Å². The van der Waals surface area contributed by atoms with Crippen LogP contribution < -0.4 is 0 Å². The molecule has 2 nitrogen and oxygen atoms in total. The molecule has 2 heterocycles. The average molecular weight is 396 g/mol. The van der Waals surface area contributed by atoms with Crippen LogP contribution >= 0.6 is 0 Å². The minimum absolute atomic E-state index is 0.383. The molecule has 0 bridgehead atoms.